The van der Waals surface area contributed by atoms with Crippen LogP contribution in [0.2, 0.25) is 0 Å². The van der Waals surface area contributed by atoms with Gasteiger partial charge in [0.25, 0.3) is 0 Å². The number of hydrogen-bond donors (Lipinski definition) is 1. The van der Waals surface area contributed by atoms with Crippen molar-refractivity contribution >= 4 is 27.3 Å². The molecule has 2 aromatic rings. The molecule has 1 aliphatic rings. The average molecular weight is 354 g/mol. The molecule has 0 spiro atoms. The van der Waals surface area contributed by atoms with Crippen LogP contribution < -0.4 is 5.73 Å². The molecule has 1 unspecified atom stereocenters. The Morgan fingerprint density at radius 3 is 2.80 bits per heavy atom. The number of hydrogen-bond acceptors (Lipinski definition) is 3. The van der Waals surface area contributed by atoms with Crippen LogP contribution in [-0.2, 0) is 12.8 Å². The molecule has 0 aromatic carbocycles. The van der Waals surface area contributed by atoms with Crippen LogP contribution in [0.25, 0.3) is 0 Å². The van der Waals surface area contributed by atoms with Crippen LogP contribution in [-0.4, -0.2) is 9.78 Å². The van der Waals surface area contributed by atoms with Crippen LogP contribution in [0.15, 0.2) is 16.7 Å². The maximum atomic E-state index is 6.53. The van der Waals surface area contributed by atoms with Crippen LogP contribution in [0.3, 0.4) is 0 Å². The molecule has 0 fully saturated rings. The van der Waals surface area contributed by atoms with E-state index in [1.807, 2.05) is 22.2 Å². The minimum Gasteiger partial charge on any atom is -0.318 e. The van der Waals surface area contributed by atoms with Gasteiger partial charge in [-0.15, -0.1) is 11.3 Å². The fraction of sp³-hybridized carbons (Fsp3) is 0.533. The Morgan fingerprint density at radius 1 is 1.35 bits per heavy atom. The summed E-state index contributed by atoms with van der Waals surface area (Å²) in [6.45, 7) is 4.27. The first-order valence-corrected chi connectivity index (χ1v) is 8.79. The highest BCUT2D eigenvalue weighted by Crippen LogP contribution is 2.36. The van der Waals surface area contributed by atoms with Gasteiger partial charge in [0.2, 0.25) is 0 Å². The first-order chi connectivity index (χ1) is 9.58. The lowest BCUT2D eigenvalue weighted by Crippen LogP contribution is -2.18. The molecular formula is C15H20BrN3S. The SMILES string of the molecule is CC(C)n1ncc(Br)c1C(N)c1cc2c(s1)CCCC2. The Balaban J connectivity index is 1.98. The van der Waals surface area contributed by atoms with E-state index < -0.39 is 0 Å². The van der Waals surface area contributed by atoms with Crippen LogP contribution in [0.1, 0.15) is 59.8 Å². The first kappa shape index (κ1) is 14.3. The highest BCUT2D eigenvalue weighted by atomic mass is 79.9. The summed E-state index contributed by atoms with van der Waals surface area (Å²) in [5.41, 5.74) is 9.13. The second-order valence-corrected chi connectivity index (χ2v) is 7.72. The zero-order valence-corrected chi connectivity index (χ0v) is 14.3. The van der Waals surface area contributed by atoms with Crippen molar-refractivity contribution in [2.75, 3.05) is 0 Å². The number of fused-ring (bicyclic) bond motifs is 1. The van der Waals surface area contributed by atoms with E-state index in [0.717, 1.165) is 10.2 Å². The number of halogens is 1. The lowest BCUT2D eigenvalue weighted by atomic mass is 9.98. The van der Waals surface area contributed by atoms with E-state index in [2.05, 4.69) is 40.9 Å². The monoisotopic (exact) mass is 353 g/mol. The van der Waals surface area contributed by atoms with E-state index >= 15 is 0 Å². The van der Waals surface area contributed by atoms with E-state index in [1.54, 1.807) is 0 Å². The summed E-state index contributed by atoms with van der Waals surface area (Å²) >= 11 is 5.48. The van der Waals surface area contributed by atoms with E-state index in [4.69, 9.17) is 5.73 Å². The van der Waals surface area contributed by atoms with Gasteiger partial charge >= 0.3 is 0 Å². The molecule has 0 aliphatic heterocycles. The molecule has 2 N–H and O–H groups in total. The Labute approximate surface area is 132 Å². The van der Waals surface area contributed by atoms with Crippen molar-refractivity contribution in [1.82, 2.24) is 9.78 Å². The van der Waals surface area contributed by atoms with Gasteiger partial charge in [0, 0.05) is 15.8 Å². The summed E-state index contributed by atoms with van der Waals surface area (Å²) in [7, 11) is 0. The third kappa shape index (κ3) is 2.47. The Hall–Kier alpha value is -0.650. The summed E-state index contributed by atoms with van der Waals surface area (Å²) in [4.78, 5) is 2.80. The molecular weight excluding hydrogens is 334 g/mol. The van der Waals surface area contributed by atoms with Crippen molar-refractivity contribution in [2.45, 2.75) is 51.6 Å². The molecule has 20 heavy (non-hydrogen) atoms. The summed E-state index contributed by atoms with van der Waals surface area (Å²) in [5.74, 6) is 0. The van der Waals surface area contributed by atoms with Gasteiger partial charge < -0.3 is 5.73 Å². The fourth-order valence-electron chi connectivity index (χ4n) is 2.85. The molecule has 0 bridgehead atoms. The molecule has 0 radical (unpaired) electrons. The van der Waals surface area contributed by atoms with E-state index in [9.17, 15) is 0 Å². The van der Waals surface area contributed by atoms with Crippen molar-refractivity contribution in [2.24, 2.45) is 5.73 Å². The Bertz CT molecular complexity index is 591. The average Bonchev–Trinajstić information content (AvgIpc) is 3.01. The van der Waals surface area contributed by atoms with Crippen LogP contribution in [0.5, 0.6) is 0 Å². The third-order valence-corrected chi connectivity index (χ3v) is 5.82. The Kier molecular flexibility index (Phi) is 4.02. The number of nitrogens with zero attached hydrogens (tertiary/aromatic N) is 2. The van der Waals surface area contributed by atoms with Gasteiger partial charge in [-0.05, 0) is 67.1 Å². The molecule has 5 heteroatoms. The fourth-order valence-corrected chi connectivity index (χ4v) is 4.64. The van der Waals surface area contributed by atoms with E-state index in [0.29, 0.717) is 6.04 Å². The molecule has 3 nitrogen and oxygen atoms in total. The molecule has 0 saturated heterocycles. The number of thiophene rings is 1. The maximum absolute atomic E-state index is 6.53. The van der Waals surface area contributed by atoms with Gasteiger partial charge in [-0.2, -0.15) is 5.10 Å². The predicted octanol–water partition coefficient (Wildman–Crippen LogP) is 4.21. The van der Waals surface area contributed by atoms with Crippen LogP contribution >= 0.6 is 27.3 Å². The minimum atomic E-state index is -0.0927. The molecule has 0 amide bonds. The van der Waals surface area contributed by atoms with Crippen LogP contribution in [0, 0.1) is 0 Å². The zero-order chi connectivity index (χ0) is 14.3. The lowest BCUT2D eigenvalue weighted by Gasteiger charge is -2.16. The molecule has 2 aromatic heterocycles. The van der Waals surface area contributed by atoms with E-state index in [1.165, 1.54) is 41.0 Å². The van der Waals surface area contributed by atoms with Crippen molar-refractivity contribution in [1.29, 1.82) is 0 Å². The summed E-state index contributed by atoms with van der Waals surface area (Å²) in [6, 6.07) is 2.54. The normalized spacial score (nSPS) is 16.4. The molecule has 1 aliphatic carbocycles. The van der Waals surface area contributed by atoms with E-state index in [-0.39, 0.29) is 6.04 Å². The standard InChI is InChI=1S/C15H20BrN3S/c1-9(2)19-15(11(16)8-18-19)14(17)13-7-10-5-3-4-6-12(10)20-13/h7-9,14H,3-6,17H2,1-2H3. The quantitative estimate of drug-likeness (QED) is 0.897. The summed E-state index contributed by atoms with van der Waals surface area (Å²) in [5, 5.41) is 4.44. The summed E-state index contributed by atoms with van der Waals surface area (Å²) < 4.78 is 3.03. The summed E-state index contributed by atoms with van der Waals surface area (Å²) in [6.07, 6.45) is 6.91. The highest BCUT2D eigenvalue weighted by molar-refractivity contribution is 9.10. The Morgan fingerprint density at radius 2 is 2.10 bits per heavy atom. The molecule has 3 rings (SSSR count). The van der Waals surface area contributed by atoms with Crippen molar-refractivity contribution in [3.05, 3.63) is 37.7 Å². The number of rotatable bonds is 3. The van der Waals surface area contributed by atoms with Crippen molar-refractivity contribution in [3.63, 3.8) is 0 Å². The maximum Gasteiger partial charge on any atom is 0.0828 e. The molecule has 2 heterocycles. The molecule has 1 atom stereocenters. The lowest BCUT2D eigenvalue weighted by molar-refractivity contribution is 0.499. The van der Waals surface area contributed by atoms with Gasteiger partial charge in [-0.25, -0.2) is 0 Å². The predicted molar refractivity (Wildman–Crippen MR) is 87.3 cm³/mol. The molecule has 0 saturated carbocycles. The second kappa shape index (κ2) is 5.62. The topological polar surface area (TPSA) is 43.8 Å². The smallest absolute Gasteiger partial charge is 0.0828 e. The number of aryl methyl sites for hydroxylation is 2. The number of nitrogens with two attached hydrogens (primary N) is 1. The number of aromatic nitrogens is 2. The van der Waals surface area contributed by atoms with Gasteiger partial charge in [0.05, 0.1) is 22.4 Å². The zero-order valence-electron chi connectivity index (χ0n) is 11.9. The van der Waals surface area contributed by atoms with Gasteiger partial charge in [0.1, 0.15) is 0 Å². The largest absolute Gasteiger partial charge is 0.318 e. The van der Waals surface area contributed by atoms with Crippen molar-refractivity contribution < 1.29 is 0 Å². The van der Waals surface area contributed by atoms with Gasteiger partial charge in [0.15, 0.2) is 0 Å². The first-order valence-electron chi connectivity index (χ1n) is 7.18. The van der Waals surface area contributed by atoms with Crippen molar-refractivity contribution in [3.8, 4) is 0 Å². The van der Waals surface area contributed by atoms with Gasteiger partial charge in [-0.3, -0.25) is 4.68 Å². The minimum absolute atomic E-state index is 0.0927. The van der Waals surface area contributed by atoms with Crippen LogP contribution in [0.4, 0.5) is 0 Å². The van der Waals surface area contributed by atoms with Gasteiger partial charge in [-0.1, -0.05) is 0 Å². The third-order valence-electron chi connectivity index (χ3n) is 3.89. The highest BCUT2D eigenvalue weighted by Gasteiger charge is 2.23. The molecule has 108 valence electrons. The second-order valence-electron chi connectivity index (χ2n) is 5.70.